The molecule has 0 unspecified atom stereocenters. The third-order valence-electron chi connectivity index (χ3n) is 1.12. The summed E-state index contributed by atoms with van der Waals surface area (Å²) in [6, 6.07) is 0. The van der Waals surface area contributed by atoms with Crippen LogP contribution in [0.3, 0.4) is 0 Å². The van der Waals surface area contributed by atoms with Gasteiger partial charge in [0.1, 0.15) is 5.82 Å². The number of rotatable bonds is 0. The maximum Gasteiger partial charge on any atom is 0.128 e. The molecule has 0 amide bonds. The van der Waals surface area contributed by atoms with E-state index in [1.807, 2.05) is 12.2 Å². The Balaban J connectivity index is 2.83. The lowest BCUT2D eigenvalue weighted by Crippen LogP contribution is -2.36. The average molecular weight is 190 g/mol. The van der Waals surface area contributed by atoms with Crippen molar-refractivity contribution in [3.8, 4) is 0 Å². The molecule has 3 nitrogen and oxygen atoms in total. The van der Waals surface area contributed by atoms with Crippen molar-refractivity contribution < 1.29 is 0 Å². The summed E-state index contributed by atoms with van der Waals surface area (Å²) >= 11 is 3.24. The zero-order valence-corrected chi connectivity index (χ0v) is 6.43. The Morgan fingerprint density at radius 1 is 1.67 bits per heavy atom. The van der Waals surface area contributed by atoms with Crippen LogP contribution in [0, 0.1) is 0 Å². The maximum absolute atomic E-state index is 5.50. The van der Waals surface area contributed by atoms with Gasteiger partial charge in [0, 0.05) is 0 Å². The summed E-state index contributed by atoms with van der Waals surface area (Å²) < 4.78 is 0.844. The molecule has 0 aromatic heterocycles. The average Bonchev–Trinajstić information content (AvgIpc) is 1.83. The van der Waals surface area contributed by atoms with Gasteiger partial charge in [-0.3, -0.25) is 5.01 Å². The van der Waals surface area contributed by atoms with E-state index < -0.39 is 0 Å². The van der Waals surface area contributed by atoms with Crippen molar-refractivity contribution in [3.05, 3.63) is 22.5 Å². The Morgan fingerprint density at radius 2 is 2.33 bits per heavy atom. The van der Waals surface area contributed by atoms with E-state index >= 15 is 0 Å². The first-order valence-electron chi connectivity index (χ1n) is 2.56. The van der Waals surface area contributed by atoms with Crippen molar-refractivity contribution in [1.29, 1.82) is 0 Å². The van der Waals surface area contributed by atoms with Gasteiger partial charge in [0.25, 0.3) is 0 Å². The van der Waals surface area contributed by atoms with Crippen LogP contribution in [0.25, 0.3) is 0 Å². The van der Waals surface area contributed by atoms with Crippen molar-refractivity contribution in [2.45, 2.75) is 0 Å². The second-order valence-corrected chi connectivity index (χ2v) is 2.64. The minimum Gasteiger partial charge on any atom is -0.383 e. The van der Waals surface area contributed by atoms with Gasteiger partial charge in [-0.05, 0) is 22.0 Å². The lowest BCUT2D eigenvalue weighted by atomic mass is 10.3. The summed E-state index contributed by atoms with van der Waals surface area (Å²) in [6.45, 7) is 0.681. The Morgan fingerprint density at radius 3 is 2.78 bits per heavy atom. The Kier molecular flexibility index (Phi) is 1.78. The third-order valence-corrected chi connectivity index (χ3v) is 1.79. The minimum absolute atomic E-state index is 0.581. The van der Waals surface area contributed by atoms with Crippen LogP contribution in [0.4, 0.5) is 0 Å². The van der Waals surface area contributed by atoms with E-state index in [0.29, 0.717) is 12.4 Å². The lowest BCUT2D eigenvalue weighted by Gasteiger charge is -2.20. The minimum atomic E-state index is 0.581. The molecule has 50 valence electrons. The SMILES string of the molecule is NC1=C(Br)C=CCN1N. The molecule has 9 heavy (non-hydrogen) atoms. The summed E-state index contributed by atoms with van der Waals surface area (Å²) in [4.78, 5) is 0. The molecule has 0 atom stereocenters. The monoisotopic (exact) mass is 189 g/mol. The molecule has 1 aliphatic rings. The van der Waals surface area contributed by atoms with E-state index in [1.165, 1.54) is 5.01 Å². The first kappa shape index (κ1) is 6.64. The van der Waals surface area contributed by atoms with Gasteiger partial charge in [0.15, 0.2) is 0 Å². The van der Waals surface area contributed by atoms with Gasteiger partial charge in [0.2, 0.25) is 0 Å². The number of hydrazine groups is 1. The fraction of sp³-hybridized carbons (Fsp3) is 0.200. The van der Waals surface area contributed by atoms with E-state index in [-0.39, 0.29) is 0 Å². The van der Waals surface area contributed by atoms with E-state index in [1.54, 1.807) is 0 Å². The number of hydrogen-bond acceptors (Lipinski definition) is 3. The van der Waals surface area contributed by atoms with Crippen molar-refractivity contribution in [2.75, 3.05) is 6.54 Å². The highest BCUT2D eigenvalue weighted by atomic mass is 79.9. The van der Waals surface area contributed by atoms with Crippen molar-refractivity contribution in [3.63, 3.8) is 0 Å². The molecule has 1 aliphatic heterocycles. The van der Waals surface area contributed by atoms with Crippen LogP contribution in [0.15, 0.2) is 22.5 Å². The smallest absolute Gasteiger partial charge is 0.128 e. The fourth-order valence-corrected chi connectivity index (χ4v) is 1.01. The van der Waals surface area contributed by atoms with Gasteiger partial charge in [-0.25, -0.2) is 5.84 Å². The Bertz CT molecular complexity index is 173. The normalized spacial score (nSPS) is 19.1. The summed E-state index contributed by atoms with van der Waals surface area (Å²) in [7, 11) is 0. The largest absolute Gasteiger partial charge is 0.383 e. The molecule has 4 N–H and O–H groups in total. The molecule has 0 aliphatic carbocycles. The molecule has 0 fully saturated rings. The number of allylic oxidation sites excluding steroid dienone is 2. The van der Waals surface area contributed by atoms with Crippen molar-refractivity contribution in [2.24, 2.45) is 11.6 Å². The summed E-state index contributed by atoms with van der Waals surface area (Å²) in [5.74, 6) is 6.02. The van der Waals surface area contributed by atoms with Crippen LogP contribution in [0.2, 0.25) is 0 Å². The van der Waals surface area contributed by atoms with Crippen molar-refractivity contribution in [1.82, 2.24) is 5.01 Å². The molecule has 4 heteroatoms. The van der Waals surface area contributed by atoms with E-state index in [9.17, 15) is 0 Å². The zero-order valence-electron chi connectivity index (χ0n) is 4.84. The van der Waals surface area contributed by atoms with Crippen molar-refractivity contribution >= 4 is 15.9 Å². The first-order valence-corrected chi connectivity index (χ1v) is 3.35. The van der Waals surface area contributed by atoms with Crippen LogP contribution >= 0.6 is 15.9 Å². The predicted molar refractivity (Wildman–Crippen MR) is 40.2 cm³/mol. The predicted octanol–water partition coefficient (Wildman–Crippen LogP) is 0.255. The van der Waals surface area contributed by atoms with Gasteiger partial charge in [-0.15, -0.1) is 0 Å². The van der Waals surface area contributed by atoms with E-state index in [0.717, 1.165) is 4.48 Å². The van der Waals surface area contributed by atoms with Crippen LogP contribution in [-0.2, 0) is 0 Å². The molecule has 0 saturated heterocycles. The van der Waals surface area contributed by atoms with Gasteiger partial charge >= 0.3 is 0 Å². The highest BCUT2D eigenvalue weighted by molar-refractivity contribution is 9.11. The molecular weight excluding hydrogens is 182 g/mol. The number of nitrogens with two attached hydrogens (primary N) is 2. The summed E-state index contributed by atoms with van der Waals surface area (Å²) in [6.07, 6.45) is 3.82. The maximum atomic E-state index is 5.50. The molecule has 1 heterocycles. The first-order chi connectivity index (χ1) is 4.22. The van der Waals surface area contributed by atoms with Gasteiger partial charge in [-0.1, -0.05) is 6.08 Å². The second-order valence-electron chi connectivity index (χ2n) is 1.79. The molecule has 1 rings (SSSR count). The number of nitrogens with zero attached hydrogens (tertiary/aromatic N) is 1. The van der Waals surface area contributed by atoms with Crippen LogP contribution in [0.1, 0.15) is 0 Å². The molecule has 0 aromatic rings. The number of hydrogen-bond donors (Lipinski definition) is 2. The highest BCUT2D eigenvalue weighted by Gasteiger charge is 2.05. The molecule has 0 saturated carbocycles. The quantitative estimate of drug-likeness (QED) is 0.538. The topological polar surface area (TPSA) is 55.3 Å². The standard InChI is InChI=1S/C5H8BrN3/c6-4-2-1-3-9(8)5(4)7/h1-2H,3,7-8H2. The van der Waals surface area contributed by atoms with Crippen LogP contribution in [0.5, 0.6) is 0 Å². The molecule has 0 aromatic carbocycles. The molecular formula is C5H8BrN3. The fourth-order valence-electron chi connectivity index (χ4n) is 0.591. The number of halogens is 1. The Labute approximate surface area is 62.1 Å². The third kappa shape index (κ3) is 1.25. The lowest BCUT2D eigenvalue weighted by molar-refractivity contribution is 0.389. The Hall–Kier alpha value is -0.480. The molecule has 0 radical (unpaired) electrons. The van der Waals surface area contributed by atoms with E-state index in [4.69, 9.17) is 11.6 Å². The van der Waals surface area contributed by atoms with Crippen LogP contribution in [-0.4, -0.2) is 11.6 Å². The molecule has 0 spiro atoms. The van der Waals surface area contributed by atoms with Crippen LogP contribution < -0.4 is 11.6 Å². The summed E-state index contributed by atoms with van der Waals surface area (Å²) in [5.41, 5.74) is 5.50. The highest BCUT2D eigenvalue weighted by Crippen LogP contribution is 2.14. The van der Waals surface area contributed by atoms with Gasteiger partial charge in [-0.2, -0.15) is 0 Å². The van der Waals surface area contributed by atoms with Gasteiger partial charge < -0.3 is 5.73 Å². The van der Waals surface area contributed by atoms with E-state index in [2.05, 4.69) is 15.9 Å². The van der Waals surface area contributed by atoms with Gasteiger partial charge in [0.05, 0.1) is 11.0 Å². The zero-order chi connectivity index (χ0) is 6.85. The summed E-state index contributed by atoms with van der Waals surface area (Å²) in [5, 5.41) is 1.48. The molecule has 0 bridgehead atoms. The second kappa shape index (κ2) is 2.41.